The maximum atomic E-state index is 12.6. The highest BCUT2D eigenvalue weighted by molar-refractivity contribution is 7.13. The number of anilines is 1. The Labute approximate surface area is 150 Å². The van der Waals surface area contributed by atoms with Crippen LogP contribution in [0.5, 0.6) is 0 Å². The first-order valence-electron chi connectivity index (χ1n) is 8.25. The number of aromatic nitrogens is 1. The Balaban J connectivity index is 1.70. The van der Waals surface area contributed by atoms with Gasteiger partial charge in [0.2, 0.25) is 0 Å². The molecule has 6 nitrogen and oxygen atoms in total. The largest absolute Gasteiger partial charge is 0.465 e. The van der Waals surface area contributed by atoms with Gasteiger partial charge in [0.05, 0.1) is 24.9 Å². The number of nitrogens with one attached hydrogen (secondary N) is 1. The van der Waals surface area contributed by atoms with Crippen LogP contribution in [0.3, 0.4) is 0 Å². The predicted octanol–water partition coefficient (Wildman–Crippen LogP) is 3.09. The van der Waals surface area contributed by atoms with Crippen LogP contribution in [0.2, 0.25) is 0 Å². The lowest BCUT2D eigenvalue weighted by molar-refractivity contribution is 0.0600. The molecule has 0 radical (unpaired) electrons. The summed E-state index contributed by atoms with van der Waals surface area (Å²) in [5.41, 5.74) is 1.69. The summed E-state index contributed by atoms with van der Waals surface area (Å²) in [7, 11) is 1.33. The molecule has 0 atom stereocenters. The molecule has 25 heavy (non-hydrogen) atoms. The number of rotatable bonds is 5. The summed E-state index contributed by atoms with van der Waals surface area (Å²) in [6.07, 6.45) is 2.46. The van der Waals surface area contributed by atoms with E-state index in [0.717, 1.165) is 30.3 Å². The SMILES string of the molecule is COC(=O)c1cccc(NC(=O)c2sc(CN3CCCC3)nc2C)c1. The number of benzene rings is 1. The van der Waals surface area contributed by atoms with E-state index in [2.05, 4.69) is 15.2 Å². The Bertz CT molecular complexity index is 782. The van der Waals surface area contributed by atoms with Gasteiger partial charge in [-0.1, -0.05) is 6.07 Å². The van der Waals surface area contributed by atoms with Gasteiger partial charge in [-0.25, -0.2) is 9.78 Å². The first-order valence-corrected chi connectivity index (χ1v) is 9.07. The molecule has 132 valence electrons. The Hall–Kier alpha value is -2.25. The van der Waals surface area contributed by atoms with E-state index in [4.69, 9.17) is 4.74 Å². The summed E-state index contributed by atoms with van der Waals surface area (Å²) in [6.45, 7) is 4.85. The third-order valence-corrected chi connectivity index (χ3v) is 5.29. The fourth-order valence-corrected chi connectivity index (χ4v) is 3.89. The fourth-order valence-electron chi connectivity index (χ4n) is 2.89. The van der Waals surface area contributed by atoms with Gasteiger partial charge in [-0.15, -0.1) is 11.3 Å². The maximum absolute atomic E-state index is 12.6. The highest BCUT2D eigenvalue weighted by atomic mass is 32.1. The number of hydrogen-bond donors (Lipinski definition) is 1. The van der Waals surface area contributed by atoms with E-state index in [9.17, 15) is 9.59 Å². The van der Waals surface area contributed by atoms with Crippen molar-refractivity contribution >= 4 is 28.9 Å². The number of esters is 1. The van der Waals surface area contributed by atoms with E-state index < -0.39 is 5.97 Å². The molecule has 1 fully saturated rings. The van der Waals surface area contributed by atoms with E-state index in [1.165, 1.54) is 31.3 Å². The van der Waals surface area contributed by atoms with Gasteiger partial charge in [-0.05, 0) is 51.1 Å². The summed E-state index contributed by atoms with van der Waals surface area (Å²) in [6, 6.07) is 6.70. The van der Waals surface area contributed by atoms with Crippen LogP contribution in [0.25, 0.3) is 0 Å². The first kappa shape index (κ1) is 17.6. The maximum Gasteiger partial charge on any atom is 0.337 e. The van der Waals surface area contributed by atoms with Gasteiger partial charge in [-0.3, -0.25) is 9.69 Å². The first-order chi connectivity index (χ1) is 12.1. The molecule has 1 saturated heterocycles. The number of thiazole rings is 1. The number of nitrogens with zero attached hydrogens (tertiary/aromatic N) is 2. The Morgan fingerprint density at radius 3 is 2.80 bits per heavy atom. The molecule has 1 aromatic carbocycles. The number of methoxy groups -OCH3 is 1. The molecule has 3 rings (SSSR count). The molecule has 2 aromatic rings. The van der Waals surface area contributed by atoms with Gasteiger partial charge in [0.1, 0.15) is 9.88 Å². The van der Waals surface area contributed by atoms with Crippen LogP contribution in [-0.4, -0.2) is 42.0 Å². The second-order valence-corrected chi connectivity index (χ2v) is 7.12. The van der Waals surface area contributed by atoms with Crippen molar-refractivity contribution in [2.45, 2.75) is 26.3 Å². The van der Waals surface area contributed by atoms with Crippen molar-refractivity contribution in [3.63, 3.8) is 0 Å². The van der Waals surface area contributed by atoms with Gasteiger partial charge in [0, 0.05) is 5.69 Å². The molecule has 0 spiro atoms. The van der Waals surface area contributed by atoms with E-state index in [-0.39, 0.29) is 5.91 Å². The van der Waals surface area contributed by atoms with Gasteiger partial charge in [0.15, 0.2) is 0 Å². The summed E-state index contributed by atoms with van der Waals surface area (Å²) >= 11 is 1.43. The number of carbonyl (C=O) groups excluding carboxylic acids is 2. The van der Waals surface area contributed by atoms with Crippen molar-refractivity contribution in [2.24, 2.45) is 0 Å². The summed E-state index contributed by atoms with van der Waals surface area (Å²) in [5.74, 6) is -0.636. The van der Waals surface area contributed by atoms with Crippen molar-refractivity contribution in [1.29, 1.82) is 0 Å². The zero-order chi connectivity index (χ0) is 17.8. The third-order valence-electron chi connectivity index (χ3n) is 4.15. The van der Waals surface area contributed by atoms with E-state index >= 15 is 0 Å². The van der Waals surface area contributed by atoms with Crippen molar-refractivity contribution in [2.75, 3.05) is 25.5 Å². The summed E-state index contributed by atoms with van der Waals surface area (Å²) in [5, 5.41) is 3.80. The van der Waals surface area contributed by atoms with Crippen molar-refractivity contribution in [3.8, 4) is 0 Å². The van der Waals surface area contributed by atoms with Crippen LogP contribution < -0.4 is 5.32 Å². The van der Waals surface area contributed by atoms with E-state index in [1.807, 2.05) is 6.92 Å². The molecule has 1 aliphatic rings. The highest BCUT2D eigenvalue weighted by Crippen LogP contribution is 2.23. The number of carbonyl (C=O) groups is 2. The fraction of sp³-hybridized carbons (Fsp3) is 0.389. The van der Waals surface area contributed by atoms with Crippen LogP contribution in [-0.2, 0) is 11.3 Å². The van der Waals surface area contributed by atoms with Gasteiger partial charge in [-0.2, -0.15) is 0 Å². The summed E-state index contributed by atoms with van der Waals surface area (Å²) < 4.78 is 4.70. The smallest absolute Gasteiger partial charge is 0.337 e. The monoisotopic (exact) mass is 359 g/mol. The molecular weight excluding hydrogens is 338 g/mol. The zero-order valence-corrected chi connectivity index (χ0v) is 15.2. The van der Waals surface area contributed by atoms with Crippen LogP contribution in [0.1, 0.15) is 43.6 Å². The third kappa shape index (κ3) is 4.24. The number of amides is 1. The van der Waals surface area contributed by atoms with Gasteiger partial charge < -0.3 is 10.1 Å². The standard InChI is InChI=1S/C18H21N3O3S/c1-12-16(25-15(19-12)11-21-8-3-4-9-21)17(22)20-14-7-5-6-13(10-14)18(23)24-2/h5-7,10H,3-4,8-9,11H2,1-2H3,(H,20,22). The molecule has 1 aliphatic heterocycles. The van der Waals surface area contributed by atoms with Gasteiger partial charge in [0.25, 0.3) is 5.91 Å². The van der Waals surface area contributed by atoms with Crippen LogP contribution in [0.4, 0.5) is 5.69 Å². The minimum Gasteiger partial charge on any atom is -0.465 e. The second-order valence-electron chi connectivity index (χ2n) is 6.03. The van der Waals surface area contributed by atoms with E-state index in [0.29, 0.717) is 16.1 Å². The molecule has 0 aliphatic carbocycles. The zero-order valence-electron chi connectivity index (χ0n) is 14.4. The van der Waals surface area contributed by atoms with Crippen LogP contribution >= 0.6 is 11.3 Å². The average molecular weight is 359 g/mol. The minimum atomic E-state index is -0.432. The molecule has 0 saturated carbocycles. The molecule has 0 bridgehead atoms. The molecule has 7 heteroatoms. The molecule has 1 amide bonds. The second kappa shape index (κ2) is 7.76. The number of hydrogen-bond acceptors (Lipinski definition) is 6. The molecule has 1 N–H and O–H groups in total. The Morgan fingerprint density at radius 2 is 2.08 bits per heavy atom. The van der Waals surface area contributed by atoms with Crippen LogP contribution in [0.15, 0.2) is 24.3 Å². The van der Waals surface area contributed by atoms with Crippen LogP contribution in [0, 0.1) is 6.92 Å². The van der Waals surface area contributed by atoms with Crippen molar-refractivity contribution in [3.05, 3.63) is 45.4 Å². The minimum absolute atomic E-state index is 0.204. The Morgan fingerprint density at radius 1 is 1.32 bits per heavy atom. The quantitative estimate of drug-likeness (QED) is 0.831. The van der Waals surface area contributed by atoms with Crippen molar-refractivity contribution in [1.82, 2.24) is 9.88 Å². The highest BCUT2D eigenvalue weighted by Gasteiger charge is 2.19. The molecule has 2 heterocycles. The normalized spacial score (nSPS) is 14.5. The number of ether oxygens (including phenoxy) is 1. The van der Waals surface area contributed by atoms with Crippen molar-refractivity contribution < 1.29 is 14.3 Å². The lowest BCUT2D eigenvalue weighted by Crippen LogP contribution is -2.18. The van der Waals surface area contributed by atoms with Gasteiger partial charge >= 0.3 is 5.97 Å². The Kier molecular flexibility index (Phi) is 5.45. The molecular formula is C18H21N3O3S. The summed E-state index contributed by atoms with van der Waals surface area (Å²) in [4.78, 5) is 31.7. The topological polar surface area (TPSA) is 71.5 Å². The number of likely N-dealkylation sites (tertiary alicyclic amines) is 1. The molecule has 0 unspecified atom stereocenters. The molecule has 1 aromatic heterocycles. The lowest BCUT2D eigenvalue weighted by atomic mass is 10.2. The predicted molar refractivity (Wildman–Crippen MR) is 97.1 cm³/mol. The lowest BCUT2D eigenvalue weighted by Gasteiger charge is -2.11. The average Bonchev–Trinajstić information content (AvgIpc) is 3.24. The number of aryl methyl sites for hydroxylation is 1. The van der Waals surface area contributed by atoms with E-state index in [1.54, 1.807) is 24.3 Å².